The molecule has 4 nitrogen and oxygen atoms in total. The van der Waals surface area contributed by atoms with Gasteiger partial charge in [0.2, 0.25) is 0 Å². The number of rotatable bonds is 2. The maximum Gasteiger partial charge on any atom is 0.342 e. The van der Waals surface area contributed by atoms with E-state index >= 15 is 0 Å². The van der Waals surface area contributed by atoms with E-state index in [1.807, 2.05) is 5.38 Å². The lowest BCUT2D eigenvalue weighted by molar-refractivity contribution is 0.0696. The molecule has 0 amide bonds. The Kier molecular flexibility index (Phi) is 2.93. The number of pyridine rings is 1. The van der Waals surface area contributed by atoms with Crippen LogP contribution in [0.2, 0.25) is 0 Å². The third-order valence-corrected chi connectivity index (χ3v) is 3.73. The van der Waals surface area contributed by atoms with Gasteiger partial charge in [-0.1, -0.05) is 0 Å². The fourth-order valence-electron chi connectivity index (χ4n) is 1.35. The number of thiophene rings is 1. The lowest BCUT2D eigenvalue weighted by Crippen LogP contribution is -2.17. The molecule has 0 aliphatic heterocycles. The van der Waals surface area contributed by atoms with Crippen LogP contribution < -0.4 is 5.56 Å². The summed E-state index contributed by atoms with van der Waals surface area (Å²) in [6.45, 7) is 0. The second-order valence-electron chi connectivity index (χ2n) is 3.03. The molecule has 2 heterocycles. The first kappa shape index (κ1) is 11.1. The molecular formula is C10H6BrNO3S. The van der Waals surface area contributed by atoms with Crippen LogP contribution in [0.15, 0.2) is 33.0 Å². The number of aromatic nitrogens is 1. The quantitative estimate of drug-likeness (QED) is 0.895. The van der Waals surface area contributed by atoms with Crippen molar-refractivity contribution < 1.29 is 9.90 Å². The molecule has 0 spiro atoms. The fraction of sp³-hybridized carbons (Fsp3) is 0. The molecular weight excluding hydrogens is 294 g/mol. The number of hydrogen-bond donors (Lipinski definition) is 2. The Morgan fingerprint density at radius 2 is 2.25 bits per heavy atom. The van der Waals surface area contributed by atoms with E-state index in [1.165, 1.54) is 17.5 Å². The smallest absolute Gasteiger partial charge is 0.342 e. The molecule has 2 aromatic rings. The number of H-pyrrole nitrogens is 1. The van der Waals surface area contributed by atoms with Crippen molar-refractivity contribution in [2.24, 2.45) is 0 Å². The molecule has 6 heteroatoms. The first-order valence-electron chi connectivity index (χ1n) is 4.29. The fourth-order valence-corrected chi connectivity index (χ4v) is 2.81. The average Bonchev–Trinajstić information content (AvgIpc) is 2.63. The van der Waals surface area contributed by atoms with Crippen LogP contribution in [-0.2, 0) is 0 Å². The van der Waals surface area contributed by atoms with Crippen molar-refractivity contribution in [3.05, 3.63) is 44.1 Å². The Bertz CT molecular complexity index is 602. The molecule has 0 atom stereocenters. The van der Waals surface area contributed by atoms with E-state index in [0.717, 1.165) is 9.35 Å². The molecule has 0 fully saturated rings. The number of carboxylic acid groups (broad SMARTS) is 1. The summed E-state index contributed by atoms with van der Waals surface area (Å²) in [6, 6.07) is 3.37. The first-order chi connectivity index (χ1) is 7.59. The second kappa shape index (κ2) is 4.23. The van der Waals surface area contributed by atoms with Gasteiger partial charge >= 0.3 is 5.97 Å². The molecule has 16 heavy (non-hydrogen) atoms. The molecule has 0 unspecified atom stereocenters. The molecule has 0 aliphatic rings. The minimum atomic E-state index is -1.22. The summed E-state index contributed by atoms with van der Waals surface area (Å²) in [5.41, 5.74) is -0.377. The molecule has 2 aromatic heterocycles. The average molecular weight is 300 g/mol. The molecule has 82 valence electrons. The molecule has 0 aromatic carbocycles. The largest absolute Gasteiger partial charge is 0.477 e. The number of carbonyl (C=O) groups is 1. The Morgan fingerprint density at radius 1 is 1.50 bits per heavy atom. The highest BCUT2D eigenvalue weighted by molar-refractivity contribution is 9.10. The Labute approximate surface area is 103 Å². The highest BCUT2D eigenvalue weighted by Crippen LogP contribution is 2.30. The number of nitrogens with one attached hydrogen (secondary N) is 1. The molecule has 0 radical (unpaired) electrons. The van der Waals surface area contributed by atoms with E-state index in [4.69, 9.17) is 5.11 Å². The van der Waals surface area contributed by atoms with Gasteiger partial charge in [0.05, 0.1) is 0 Å². The van der Waals surface area contributed by atoms with Crippen LogP contribution in [0.1, 0.15) is 10.4 Å². The Morgan fingerprint density at radius 3 is 2.81 bits per heavy atom. The summed E-state index contributed by atoms with van der Waals surface area (Å²) in [7, 11) is 0. The van der Waals surface area contributed by atoms with Gasteiger partial charge in [0.25, 0.3) is 5.56 Å². The lowest BCUT2D eigenvalue weighted by Gasteiger charge is -2.01. The van der Waals surface area contributed by atoms with Crippen molar-refractivity contribution in [3.8, 4) is 10.4 Å². The number of aromatic carboxylic acids is 1. The summed E-state index contributed by atoms with van der Waals surface area (Å²) in [5.74, 6) is -1.22. The summed E-state index contributed by atoms with van der Waals surface area (Å²) in [5, 5.41) is 10.8. The topological polar surface area (TPSA) is 70.2 Å². The van der Waals surface area contributed by atoms with Crippen LogP contribution in [0, 0.1) is 0 Å². The highest BCUT2D eigenvalue weighted by Gasteiger charge is 2.16. The molecule has 2 rings (SSSR count). The van der Waals surface area contributed by atoms with Crippen molar-refractivity contribution in [2.75, 3.05) is 0 Å². The molecule has 0 saturated carbocycles. The maximum absolute atomic E-state index is 11.4. The SMILES string of the molecule is O=C(O)c1c(-c2cc(Br)cs2)cc[nH]c1=O. The van der Waals surface area contributed by atoms with Crippen LogP contribution >= 0.6 is 27.3 Å². The van der Waals surface area contributed by atoms with Crippen LogP contribution in [0.3, 0.4) is 0 Å². The van der Waals surface area contributed by atoms with E-state index in [0.29, 0.717) is 5.56 Å². The number of hydrogen-bond acceptors (Lipinski definition) is 3. The van der Waals surface area contributed by atoms with Crippen LogP contribution in [0.4, 0.5) is 0 Å². The summed E-state index contributed by atoms with van der Waals surface area (Å²) >= 11 is 4.67. The van der Waals surface area contributed by atoms with Gasteiger partial charge in [-0.05, 0) is 28.1 Å². The van der Waals surface area contributed by atoms with E-state index in [-0.39, 0.29) is 5.56 Å². The maximum atomic E-state index is 11.4. The van der Waals surface area contributed by atoms with Gasteiger partial charge in [-0.15, -0.1) is 11.3 Å². The minimum Gasteiger partial charge on any atom is -0.477 e. The zero-order chi connectivity index (χ0) is 11.7. The van der Waals surface area contributed by atoms with Crippen molar-refractivity contribution in [1.82, 2.24) is 4.98 Å². The Hall–Kier alpha value is -1.40. The van der Waals surface area contributed by atoms with Crippen LogP contribution in [-0.4, -0.2) is 16.1 Å². The van der Waals surface area contributed by atoms with Crippen molar-refractivity contribution >= 4 is 33.2 Å². The highest BCUT2D eigenvalue weighted by atomic mass is 79.9. The third-order valence-electron chi connectivity index (χ3n) is 2.01. The van der Waals surface area contributed by atoms with Gasteiger partial charge in [0.1, 0.15) is 5.56 Å². The van der Waals surface area contributed by atoms with Crippen molar-refractivity contribution in [2.45, 2.75) is 0 Å². The third kappa shape index (κ3) is 1.94. The van der Waals surface area contributed by atoms with Crippen molar-refractivity contribution in [3.63, 3.8) is 0 Å². The van der Waals surface area contributed by atoms with E-state index in [2.05, 4.69) is 20.9 Å². The predicted molar refractivity (Wildman–Crippen MR) is 65.0 cm³/mol. The normalized spacial score (nSPS) is 10.3. The molecule has 0 bridgehead atoms. The first-order valence-corrected chi connectivity index (χ1v) is 5.96. The standard InChI is InChI=1S/C10H6BrNO3S/c11-5-3-7(16-4-5)6-1-2-12-9(13)8(6)10(14)15/h1-4H,(H,12,13)(H,14,15). The van der Waals surface area contributed by atoms with E-state index in [9.17, 15) is 9.59 Å². The van der Waals surface area contributed by atoms with Crippen molar-refractivity contribution in [1.29, 1.82) is 0 Å². The van der Waals surface area contributed by atoms with Gasteiger partial charge in [-0.3, -0.25) is 4.79 Å². The molecule has 0 saturated heterocycles. The van der Waals surface area contributed by atoms with Crippen LogP contribution in [0.5, 0.6) is 0 Å². The van der Waals surface area contributed by atoms with Crippen LogP contribution in [0.25, 0.3) is 10.4 Å². The van der Waals surface area contributed by atoms with Gasteiger partial charge in [0.15, 0.2) is 0 Å². The van der Waals surface area contributed by atoms with E-state index in [1.54, 1.807) is 12.1 Å². The summed E-state index contributed by atoms with van der Waals surface area (Å²) in [6.07, 6.45) is 1.44. The lowest BCUT2D eigenvalue weighted by atomic mass is 10.1. The molecule has 2 N–H and O–H groups in total. The number of carboxylic acids is 1. The van der Waals surface area contributed by atoms with E-state index < -0.39 is 11.5 Å². The number of halogens is 1. The van der Waals surface area contributed by atoms with Gasteiger partial charge < -0.3 is 10.1 Å². The zero-order valence-corrected chi connectivity index (χ0v) is 10.3. The minimum absolute atomic E-state index is 0.225. The summed E-state index contributed by atoms with van der Waals surface area (Å²) < 4.78 is 0.865. The van der Waals surface area contributed by atoms with Gasteiger partial charge in [-0.25, -0.2) is 4.79 Å². The Balaban J connectivity index is 2.70. The second-order valence-corrected chi connectivity index (χ2v) is 4.86. The summed E-state index contributed by atoms with van der Waals surface area (Å²) in [4.78, 5) is 25.5. The predicted octanol–water partition coefficient (Wildman–Crippen LogP) is 2.56. The number of aromatic amines is 1. The van der Waals surface area contributed by atoms with Gasteiger partial charge in [0, 0.05) is 26.5 Å². The monoisotopic (exact) mass is 299 g/mol. The van der Waals surface area contributed by atoms with Gasteiger partial charge in [-0.2, -0.15) is 0 Å². The zero-order valence-electron chi connectivity index (χ0n) is 7.86. The molecule has 0 aliphatic carbocycles.